The summed E-state index contributed by atoms with van der Waals surface area (Å²) in [6.07, 6.45) is 0.599. The molecule has 1 amide bonds. The standard InChI is InChI=1S/C20H24N2O4S/c1-17-8-10-19(11-9-17)27(24,25)22-13-5-12-21(14-15-22)20(23)16-26-18-6-3-2-4-7-18/h2-4,6-11H,5,12-16H2,1H3. The maximum Gasteiger partial charge on any atom is 0.260 e. The van der Waals surface area contributed by atoms with Crippen LogP contribution in [0, 0.1) is 6.92 Å². The third-order valence-corrected chi connectivity index (χ3v) is 6.48. The number of carbonyl (C=O) groups is 1. The quantitative estimate of drug-likeness (QED) is 0.788. The second-order valence-corrected chi connectivity index (χ2v) is 8.49. The van der Waals surface area contributed by atoms with Gasteiger partial charge in [-0.05, 0) is 37.6 Å². The molecule has 2 aromatic carbocycles. The zero-order chi connectivity index (χ0) is 19.3. The number of benzene rings is 2. The molecule has 0 radical (unpaired) electrons. The molecule has 0 spiro atoms. The van der Waals surface area contributed by atoms with E-state index in [4.69, 9.17) is 4.74 Å². The van der Waals surface area contributed by atoms with Crippen molar-refractivity contribution in [1.82, 2.24) is 9.21 Å². The summed E-state index contributed by atoms with van der Waals surface area (Å²) in [6.45, 7) is 3.45. The van der Waals surface area contributed by atoms with Gasteiger partial charge in [0.15, 0.2) is 6.61 Å². The summed E-state index contributed by atoms with van der Waals surface area (Å²) in [7, 11) is -3.54. The number of hydrogen-bond acceptors (Lipinski definition) is 4. The lowest BCUT2D eigenvalue weighted by Gasteiger charge is -2.22. The Bertz CT molecular complexity index is 867. The fourth-order valence-electron chi connectivity index (χ4n) is 3.00. The normalized spacial score (nSPS) is 16.0. The van der Waals surface area contributed by atoms with Crippen molar-refractivity contribution in [2.24, 2.45) is 0 Å². The molecule has 7 heteroatoms. The third kappa shape index (κ3) is 4.87. The number of para-hydroxylation sites is 1. The number of carbonyl (C=O) groups excluding carboxylic acids is 1. The van der Waals surface area contributed by atoms with Crippen LogP contribution in [-0.2, 0) is 14.8 Å². The van der Waals surface area contributed by atoms with Gasteiger partial charge < -0.3 is 9.64 Å². The van der Waals surface area contributed by atoms with Gasteiger partial charge in [0.05, 0.1) is 4.90 Å². The number of amides is 1. The summed E-state index contributed by atoms with van der Waals surface area (Å²) in [6, 6.07) is 16.0. The molecular weight excluding hydrogens is 364 g/mol. The first kappa shape index (κ1) is 19.4. The summed E-state index contributed by atoms with van der Waals surface area (Å²) < 4.78 is 32.6. The van der Waals surface area contributed by atoms with Crippen LogP contribution >= 0.6 is 0 Å². The first-order valence-electron chi connectivity index (χ1n) is 8.99. The van der Waals surface area contributed by atoms with Crippen molar-refractivity contribution in [3.8, 4) is 5.75 Å². The van der Waals surface area contributed by atoms with Crippen LogP contribution in [-0.4, -0.2) is 56.3 Å². The van der Waals surface area contributed by atoms with Crippen LogP contribution in [0.3, 0.4) is 0 Å². The van der Waals surface area contributed by atoms with Crippen molar-refractivity contribution in [3.05, 3.63) is 60.2 Å². The largest absolute Gasteiger partial charge is 0.484 e. The van der Waals surface area contributed by atoms with E-state index in [0.29, 0.717) is 36.7 Å². The topological polar surface area (TPSA) is 66.9 Å². The molecule has 0 atom stereocenters. The lowest BCUT2D eigenvalue weighted by Crippen LogP contribution is -2.39. The molecule has 1 fully saturated rings. The number of nitrogens with zero attached hydrogens (tertiary/aromatic N) is 2. The summed E-state index contributed by atoms with van der Waals surface area (Å²) in [5, 5.41) is 0. The summed E-state index contributed by atoms with van der Waals surface area (Å²) >= 11 is 0. The van der Waals surface area contributed by atoms with Crippen LogP contribution in [0.5, 0.6) is 5.75 Å². The SMILES string of the molecule is Cc1ccc(S(=O)(=O)N2CCCN(C(=O)COc3ccccc3)CC2)cc1. The molecule has 0 unspecified atom stereocenters. The molecule has 1 heterocycles. The molecule has 0 aromatic heterocycles. The van der Waals surface area contributed by atoms with E-state index in [1.165, 1.54) is 4.31 Å². The first-order chi connectivity index (χ1) is 13.0. The number of ether oxygens (including phenoxy) is 1. The molecule has 1 aliphatic heterocycles. The number of sulfonamides is 1. The molecule has 6 nitrogen and oxygen atoms in total. The van der Waals surface area contributed by atoms with E-state index in [9.17, 15) is 13.2 Å². The van der Waals surface area contributed by atoms with E-state index in [1.807, 2.05) is 25.1 Å². The molecule has 1 saturated heterocycles. The minimum absolute atomic E-state index is 0.0469. The molecule has 27 heavy (non-hydrogen) atoms. The highest BCUT2D eigenvalue weighted by Gasteiger charge is 2.28. The molecular formula is C20H24N2O4S. The van der Waals surface area contributed by atoms with Crippen molar-refractivity contribution in [2.45, 2.75) is 18.2 Å². The van der Waals surface area contributed by atoms with E-state index in [2.05, 4.69) is 0 Å². The van der Waals surface area contributed by atoms with Gasteiger partial charge in [0.25, 0.3) is 5.91 Å². The van der Waals surface area contributed by atoms with E-state index in [0.717, 1.165) is 5.56 Å². The fraction of sp³-hybridized carbons (Fsp3) is 0.350. The molecule has 1 aliphatic rings. The number of hydrogen-bond donors (Lipinski definition) is 0. The molecule has 0 bridgehead atoms. The van der Waals surface area contributed by atoms with Gasteiger partial charge >= 0.3 is 0 Å². The van der Waals surface area contributed by atoms with Gasteiger partial charge in [-0.3, -0.25) is 4.79 Å². The van der Waals surface area contributed by atoms with Gasteiger partial charge in [0, 0.05) is 26.2 Å². The Morgan fingerprint density at radius 2 is 1.67 bits per heavy atom. The Hall–Kier alpha value is -2.38. The second-order valence-electron chi connectivity index (χ2n) is 6.55. The van der Waals surface area contributed by atoms with Gasteiger partial charge in [-0.25, -0.2) is 8.42 Å². The molecule has 0 saturated carbocycles. The minimum atomic E-state index is -3.54. The van der Waals surface area contributed by atoms with Crippen LogP contribution < -0.4 is 4.74 Å². The van der Waals surface area contributed by atoms with Gasteiger partial charge in [-0.2, -0.15) is 4.31 Å². The van der Waals surface area contributed by atoms with E-state index in [1.54, 1.807) is 41.3 Å². The molecule has 3 rings (SSSR count). The average molecular weight is 388 g/mol. The van der Waals surface area contributed by atoms with Crippen LogP contribution in [0.25, 0.3) is 0 Å². The Morgan fingerprint density at radius 1 is 0.963 bits per heavy atom. The molecule has 2 aromatic rings. The smallest absolute Gasteiger partial charge is 0.260 e. The summed E-state index contributed by atoms with van der Waals surface area (Å²) in [4.78, 5) is 14.4. The van der Waals surface area contributed by atoms with E-state index >= 15 is 0 Å². The highest BCUT2D eigenvalue weighted by molar-refractivity contribution is 7.89. The van der Waals surface area contributed by atoms with Gasteiger partial charge in [0.2, 0.25) is 10.0 Å². The van der Waals surface area contributed by atoms with Crippen LogP contribution in [0.4, 0.5) is 0 Å². The van der Waals surface area contributed by atoms with Gasteiger partial charge in [0.1, 0.15) is 5.75 Å². The fourth-order valence-corrected chi connectivity index (χ4v) is 4.47. The minimum Gasteiger partial charge on any atom is -0.484 e. The highest BCUT2D eigenvalue weighted by Crippen LogP contribution is 2.18. The zero-order valence-corrected chi connectivity index (χ0v) is 16.2. The van der Waals surface area contributed by atoms with Crippen molar-refractivity contribution >= 4 is 15.9 Å². The summed E-state index contributed by atoms with van der Waals surface area (Å²) in [5.74, 6) is 0.512. The second kappa shape index (κ2) is 8.54. The predicted molar refractivity (Wildman–Crippen MR) is 103 cm³/mol. The van der Waals surface area contributed by atoms with E-state index < -0.39 is 10.0 Å². The monoisotopic (exact) mass is 388 g/mol. The Balaban J connectivity index is 1.59. The Morgan fingerprint density at radius 3 is 2.37 bits per heavy atom. The maximum atomic E-state index is 12.8. The Labute approximate surface area is 160 Å². The van der Waals surface area contributed by atoms with Crippen LogP contribution in [0.15, 0.2) is 59.5 Å². The lowest BCUT2D eigenvalue weighted by molar-refractivity contribution is -0.133. The first-order valence-corrected chi connectivity index (χ1v) is 10.4. The van der Waals surface area contributed by atoms with Crippen molar-refractivity contribution in [1.29, 1.82) is 0 Å². The van der Waals surface area contributed by atoms with Crippen LogP contribution in [0.2, 0.25) is 0 Å². The highest BCUT2D eigenvalue weighted by atomic mass is 32.2. The van der Waals surface area contributed by atoms with Crippen molar-refractivity contribution in [2.75, 3.05) is 32.8 Å². The lowest BCUT2D eigenvalue weighted by atomic mass is 10.2. The molecule has 0 N–H and O–H groups in total. The van der Waals surface area contributed by atoms with Gasteiger partial charge in [-0.15, -0.1) is 0 Å². The average Bonchev–Trinajstić information content (AvgIpc) is 2.94. The van der Waals surface area contributed by atoms with E-state index in [-0.39, 0.29) is 19.1 Å². The molecule has 0 aliphatic carbocycles. The number of aryl methyl sites for hydroxylation is 1. The van der Waals surface area contributed by atoms with Crippen molar-refractivity contribution in [3.63, 3.8) is 0 Å². The van der Waals surface area contributed by atoms with Gasteiger partial charge in [-0.1, -0.05) is 35.9 Å². The maximum absolute atomic E-state index is 12.8. The Kier molecular flexibility index (Phi) is 6.13. The predicted octanol–water partition coefficient (Wildman–Crippen LogP) is 2.30. The zero-order valence-electron chi connectivity index (χ0n) is 15.4. The third-order valence-electron chi connectivity index (χ3n) is 4.57. The van der Waals surface area contributed by atoms with Crippen molar-refractivity contribution < 1.29 is 17.9 Å². The molecule has 144 valence electrons. The van der Waals surface area contributed by atoms with Crippen LogP contribution in [0.1, 0.15) is 12.0 Å². The summed E-state index contributed by atoms with van der Waals surface area (Å²) in [5.41, 5.74) is 1.01. The number of rotatable bonds is 5.